The minimum absolute atomic E-state index is 0.205. The number of amides is 1. The van der Waals surface area contributed by atoms with Gasteiger partial charge in [0, 0.05) is 6.42 Å². The van der Waals surface area contributed by atoms with Crippen LogP contribution >= 0.6 is 0 Å². The molecule has 1 aliphatic rings. The largest absolute Gasteiger partial charge is 0.480 e. The van der Waals surface area contributed by atoms with Crippen molar-refractivity contribution in [2.24, 2.45) is 0 Å². The summed E-state index contributed by atoms with van der Waals surface area (Å²) in [4.78, 5) is 25.2. The first-order valence-corrected chi connectivity index (χ1v) is 9.05. The average Bonchev–Trinajstić information content (AvgIpc) is 3.03. The smallest absolute Gasteiger partial charge is 0.411 e. The first kappa shape index (κ1) is 19.2. The second kappa shape index (κ2) is 7.56. The lowest BCUT2D eigenvalue weighted by Gasteiger charge is -2.26. The van der Waals surface area contributed by atoms with Gasteiger partial charge in [-0.25, -0.2) is 9.59 Å². The maximum absolute atomic E-state index is 12.4. The van der Waals surface area contributed by atoms with Gasteiger partial charge in [0.05, 0.1) is 19.3 Å². The number of carboxylic acid groups (broad SMARTS) is 1. The van der Waals surface area contributed by atoms with Crippen LogP contribution in [-0.2, 0) is 20.9 Å². The van der Waals surface area contributed by atoms with Crippen molar-refractivity contribution in [3.05, 3.63) is 48.0 Å². The number of carboxylic acids is 1. The summed E-state index contributed by atoms with van der Waals surface area (Å²) in [5.74, 6) is -1.04. The van der Waals surface area contributed by atoms with Gasteiger partial charge >= 0.3 is 12.1 Å². The summed E-state index contributed by atoms with van der Waals surface area (Å²) >= 11 is 0. The third-order valence-corrected chi connectivity index (χ3v) is 4.53. The number of benzene rings is 2. The summed E-state index contributed by atoms with van der Waals surface area (Å²) in [7, 11) is 0. The van der Waals surface area contributed by atoms with Crippen LogP contribution in [0.25, 0.3) is 10.8 Å². The summed E-state index contributed by atoms with van der Waals surface area (Å²) in [5.41, 5.74) is 0.359. The zero-order valence-electron chi connectivity index (χ0n) is 15.8. The SMILES string of the molecule is CC(C)(C)OC(=O)N1CC(OCc2cccc3ccccc23)CC1C(=O)O. The van der Waals surface area contributed by atoms with Gasteiger partial charge in [-0.15, -0.1) is 0 Å². The molecule has 6 heteroatoms. The molecule has 0 aromatic heterocycles. The van der Waals surface area contributed by atoms with E-state index >= 15 is 0 Å². The van der Waals surface area contributed by atoms with Crippen LogP contribution in [0.4, 0.5) is 4.79 Å². The Morgan fingerprint density at radius 2 is 1.85 bits per heavy atom. The highest BCUT2D eigenvalue weighted by molar-refractivity contribution is 5.85. The fourth-order valence-corrected chi connectivity index (χ4v) is 3.30. The summed E-state index contributed by atoms with van der Waals surface area (Å²) in [6.45, 7) is 5.83. The first-order valence-electron chi connectivity index (χ1n) is 9.05. The fraction of sp³-hybridized carbons (Fsp3) is 0.429. The molecule has 1 fully saturated rings. The van der Waals surface area contributed by atoms with Crippen LogP contribution in [0.2, 0.25) is 0 Å². The molecule has 2 aromatic rings. The van der Waals surface area contributed by atoms with Crippen molar-refractivity contribution < 1.29 is 24.2 Å². The number of ether oxygens (including phenoxy) is 2. The monoisotopic (exact) mass is 371 g/mol. The van der Waals surface area contributed by atoms with Gasteiger partial charge in [0.2, 0.25) is 0 Å². The van der Waals surface area contributed by atoms with Crippen LogP contribution in [0.5, 0.6) is 0 Å². The topological polar surface area (TPSA) is 76.1 Å². The lowest BCUT2D eigenvalue weighted by molar-refractivity contribution is -0.142. The zero-order valence-corrected chi connectivity index (χ0v) is 15.8. The van der Waals surface area contributed by atoms with Crippen molar-refractivity contribution in [2.75, 3.05) is 6.54 Å². The molecule has 1 saturated heterocycles. The molecule has 3 rings (SSSR count). The molecule has 1 aliphatic heterocycles. The Kier molecular flexibility index (Phi) is 5.37. The Bertz CT molecular complexity index is 837. The first-order chi connectivity index (χ1) is 12.7. The molecule has 144 valence electrons. The minimum Gasteiger partial charge on any atom is -0.480 e. The van der Waals surface area contributed by atoms with Gasteiger partial charge in [0.15, 0.2) is 0 Å². The molecule has 1 amide bonds. The number of fused-ring (bicyclic) bond motifs is 1. The van der Waals surface area contributed by atoms with E-state index < -0.39 is 23.7 Å². The van der Waals surface area contributed by atoms with E-state index in [2.05, 4.69) is 0 Å². The van der Waals surface area contributed by atoms with Crippen LogP contribution in [-0.4, -0.2) is 46.4 Å². The van der Waals surface area contributed by atoms with Crippen molar-refractivity contribution in [1.29, 1.82) is 0 Å². The highest BCUT2D eigenvalue weighted by Gasteiger charge is 2.42. The lowest BCUT2D eigenvalue weighted by atomic mass is 10.1. The van der Waals surface area contributed by atoms with E-state index in [1.165, 1.54) is 4.90 Å². The van der Waals surface area contributed by atoms with Crippen LogP contribution in [0, 0.1) is 0 Å². The molecule has 2 aromatic carbocycles. The van der Waals surface area contributed by atoms with Gasteiger partial charge < -0.3 is 14.6 Å². The van der Waals surface area contributed by atoms with Crippen molar-refractivity contribution >= 4 is 22.8 Å². The number of carbonyl (C=O) groups is 2. The Hall–Kier alpha value is -2.60. The van der Waals surface area contributed by atoms with E-state index in [1.807, 2.05) is 42.5 Å². The number of hydrogen-bond acceptors (Lipinski definition) is 4. The minimum atomic E-state index is -1.04. The van der Waals surface area contributed by atoms with Gasteiger partial charge in [-0.3, -0.25) is 4.90 Å². The van der Waals surface area contributed by atoms with Gasteiger partial charge in [0.1, 0.15) is 11.6 Å². The predicted molar refractivity (Wildman–Crippen MR) is 102 cm³/mol. The van der Waals surface area contributed by atoms with Gasteiger partial charge in [-0.05, 0) is 37.1 Å². The number of hydrogen-bond donors (Lipinski definition) is 1. The number of aliphatic carboxylic acids is 1. The van der Waals surface area contributed by atoms with Crippen molar-refractivity contribution in [3.63, 3.8) is 0 Å². The van der Waals surface area contributed by atoms with Crippen LogP contribution in [0.1, 0.15) is 32.8 Å². The molecule has 27 heavy (non-hydrogen) atoms. The van der Waals surface area contributed by atoms with Crippen molar-refractivity contribution in [2.45, 2.75) is 51.5 Å². The maximum atomic E-state index is 12.4. The Balaban J connectivity index is 1.69. The molecular formula is C21H25NO5. The van der Waals surface area contributed by atoms with Crippen LogP contribution in [0.15, 0.2) is 42.5 Å². The van der Waals surface area contributed by atoms with Crippen LogP contribution < -0.4 is 0 Å². The third-order valence-electron chi connectivity index (χ3n) is 4.53. The summed E-state index contributed by atoms with van der Waals surface area (Å²) < 4.78 is 11.3. The standard InChI is InChI=1S/C21H25NO5/c1-21(2,3)27-20(25)22-12-16(11-18(22)19(23)24)26-13-15-9-6-8-14-7-4-5-10-17(14)15/h4-10,16,18H,11-13H2,1-3H3,(H,23,24). The molecule has 0 bridgehead atoms. The summed E-state index contributed by atoms with van der Waals surface area (Å²) in [5, 5.41) is 11.7. The highest BCUT2D eigenvalue weighted by Crippen LogP contribution is 2.26. The maximum Gasteiger partial charge on any atom is 0.411 e. The summed E-state index contributed by atoms with van der Waals surface area (Å²) in [6.07, 6.45) is -0.719. The molecule has 6 nitrogen and oxygen atoms in total. The van der Waals surface area contributed by atoms with E-state index in [1.54, 1.807) is 20.8 Å². The molecule has 1 N–H and O–H groups in total. The molecule has 0 saturated carbocycles. The van der Waals surface area contributed by atoms with Crippen molar-refractivity contribution in [1.82, 2.24) is 4.90 Å². The summed E-state index contributed by atoms with van der Waals surface area (Å²) in [6, 6.07) is 13.1. The van der Waals surface area contributed by atoms with Gasteiger partial charge in [-0.2, -0.15) is 0 Å². The second-order valence-corrected chi connectivity index (χ2v) is 7.79. The van der Waals surface area contributed by atoms with Crippen LogP contribution in [0.3, 0.4) is 0 Å². The van der Waals surface area contributed by atoms with E-state index in [0.717, 1.165) is 16.3 Å². The second-order valence-electron chi connectivity index (χ2n) is 7.79. The third kappa shape index (κ3) is 4.57. The van der Waals surface area contributed by atoms with E-state index in [0.29, 0.717) is 6.61 Å². The quantitative estimate of drug-likeness (QED) is 0.884. The Morgan fingerprint density at radius 1 is 1.15 bits per heavy atom. The molecule has 0 spiro atoms. The lowest BCUT2D eigenvalue weighted by Crippen LogP contribution is -2.43. The molecular weight excluding hydrogens is 346 g/mol. The predicted octanol–water partition coefficient (Wildman–Crippen LogP) is 3.82. The highest BCUT2D eigenvalue weighted by atomic mass is 16.6. The van der Waals surface area contributed by atoms with E-state index in [9.17, 15) is 14.7 Å². The molecule has 2 atom stereocenters. The molecule has 2 unspecified atom stereocenters. The Morgan fingerprint density at radius 3 is 2.56 bits per heavy atom. The number of nitrogens with zero attached hydrogens (tertiary/aromatic N) is 1. The fourth-order valence-electron chi connectivity index (χ4n) is 3.30. The number of likely N-dealkylation sites (tertiary alicyclic amines) is 1. The normalized spacial score (nSPS) is 20.0. The van der Waals surface area contributed by atoms with E-state index in [4.69, 9.17) is 9.47 Å². The van der Waals surface area contributed by atoms with Crippen molar-refractivity contribution in [3.8, 4) is 0 Å². The number of carbonyl (C=O) groups excluding carboxylic acids is 1. The average molecular weight is 371 g/mol. The Labute approximate surface area is 158 Å². The van der Waals surface area contributed by atoms with Gasteiger partial charge in [0.25, 0.3) is 0 Å². The molecule has 0 radical (unpaired) electrons. The van der Waals surface area contributed by atoms with Gasteiger partial charge in [-0.1, -0.05) is 42.5 Å². The number of rotatable bonds is 4. The molecule has 0 aliphatic carbocycles. The zero-order chi connectivity index (χ0) is 19.6. The molecule has 1 heterocycles. The van der Waals surface area contributed by atoms with E-state index in [-0.39, 0.29) is 19.1 Å².